The lowest BCUT2D eigenvalue weighted by Gasteiger charge is -2.34. The van der Waals surface area contributed by atoms with Crippen molar-refractivity contribution in [2.75, 3.05) is 11.4 Å². The van der Waals surface area contributed by atoms with Crippen LogP contribution in [0.1, 0.15) is 53.0 Å². The second kappa shape index (κ2) is 5.79. The molecule has 0 radical (unpaired) electrons. The molecule has 28 heavy (non-hydrogen) atoms. The van der Waals surface area contributed by atoms with E-state index in [1.165, 1.54) is 17.2 Å². The normalized spacial score (nSPS) is 19.9. The summed E-state index contributed by atoms with van der Waals surface area (Å²) >= 11 is 0. The van der Waals surface area contributed by atoms with Crippen molar-refractivity contribution < 1.29 is 22.5 Å². The van der Waals surface area contributed by atoms with Crippen LogP contribution in [0.4, 0.5) is 19.0 Å². The van der Waals surface area contributed by atoms with Crippen LogP contribution >= 0.6 is 0 Å². The number of carbonyl (C=O) groups excluding carboxylic acids is 1. The molecule has 3 aromatic rings. The highest BCUT2D eigenvalue weighted by atomic mass is 19.4. The predicted molar refractivity (Wildman–Crippen MR) is 92.1 cm³/mol. The van der Waals surface area contributed by atoms with Crippen LogP contribution < -0.4 is 4.90 Å². The van der Waals surface area contributed by atoms with Gasteiger partial charge >= 0.3 is 6.18 Å². The number of carbonyl (C=O) groups is 1. The van der Waals surface area contributed by atoms with Gasteiger partial charge in [-0.15, -0.1) is 0 Å². The zero-order valence-corrected chi connectivity index (χ0v) is 14.9. The Hall–Kier alpha value is -2.91. The van der Waals surface area contributed by atoms with Gasteiger partial charge in [0.25, 0.3) is 11.6 Å². The lowest BCUT2D eigenvalue weighted by Crippen LogP contribution is -2.43. The van der Waals surface area contributed by atoms with Crippen molar-refractivity contribution in [1.29, 1.82) is 0 Å². The fraction of sp³-hybridized carbons (Fsp3) is 0.444. The first-order valence-corrected chi connectivity index (χ1v) is 9.03. The predicted octanol–water partition coefficient (Wildman–Crippen LogP) is 3.76. The molecule has 146 valence electrons. The van der Waals surface area contributed by atoms with Gasteiger partial charge < -0.3 is 4.52 Å². The van der Waals surface area contributed by atoms with E-state index in [1.807, 2.05) is 0 Å². The van der Waals surface area contributed by atoms with Crippen molar-refractivity contribution in [1.82, 2.24) is 19.9 Å². The number of fused-ring (bicyclic) bond motifs is 2. The maximum Gasteiger partial charge on any atom is 0.410 e. The monoisotopic (exact) mass is 391 g/mol. The number of aromatic nitrogens is 4. The van der Waals surface area contributed by atoms with Gasteiger partial charge in [-0.25, -0.2) is 9.67 Å². The average Bonchev–Trinajstić information content (AvgIpc) is 3.28. The summed E-state index contributed by atoms with van der Waals surface area (Å²) in [7, 11) is 0. The van der Waals surface area contributed by atoms with Gasteiger partial charge in [-0.3, -0.25) is 9.69 Å². The summed E-state index contributed by atoms with van der Waals surface area (Å²) < 4.78 is 46.1. The molecule has 10 heteroatoms. The third-order valence-electron chi connectivity index (χ3n) is 5.33. The Balaban J connectivity index is 1.60. The lowest BCUT2D eigenvalue weighted by atomic mass is 10.1. The van der Waals surface area contributed by atoms with Crippen molar-refractivity contribution in [2.45, 2.75) is 44.3 Å². The Morgan fingerprint density at radius 2 is 2.07 bits per heavy atom. The summed E-state index contributed by atoms with van der Waals surface area (Å²) in [4.78, 5) is 19.2. The largest absolute Gasteiger partial charge is 0.410 e. The minimum Gasteiger partial charge on any atom is -0.336 e. The van der Waals surface area contributed by atoms with Gasteiger partial charge in [0.2, 0.25) is 0 Å². The first kappa shape index (κ1) is 17.2. The van der Waals surface area contributed by atoms with Crippen molar-refractivity contribution in [2.24, 2.45) is 0 Å². The second-order valence-electron chi connectivity index (χ2n) is 7.25. The van der Waals surface area contributed by atoms with Crippen LogP contribution in [0.15, 0.2) is 22.9 Å². The van der Waals surface area contributed by atoms with E-state index >= 15 is 0 Å². The van der Waals surface area contributed by atoms with Crippen LogP contribution in [0.2, 0.25) is 0 Å². The van der Waals surface area contributed by atoms with Crippen LogP contribution in [0.25, 0.3) is 11.1 Å². The molecule has 0 unspecified atom stereocenters. The van der Waals surface area contributed by atoms with Crippen LogP contribution in [-0.4, -0.2) is 38.5 Å². The fourth-order valence-electron chi connectivity index (χ4n) is 3.77. The van der Waals surface area contributed by atoms with Crippen molar-refractivity contribution in [3.63, 3.8) is 0 Å². The third-order valence-corrected chi connectivity index (χ3v) is 5.33. The SMILES string of the molecule is Cc1noc2nc(C3CC3)cc(C(=O)N3CC[C@H](C(F)(F)F)n4nccc43)c12. The second-order valence-corrected chi connectivity index (χ2v) is 7.25. The Bertz CT molecular complexity index is 1080. The smallest absolute Gasteiger partial charge is 0.336 e. The van der Waals surface area contributed by atoms with E-state index in [9.17, 15) is 18.0 Å². The summed E-state index contributed by atoms with van der Waals surface area (Å²) in [5.41, 5.74) is 1.91. The molecule has 4 heterocycles. The van der Waals surface area contributed by atoms with E-state index < -0.39 is 18.1 Å². The molecule has 0 bridgehead atoms. The zero-order chi connectivity index (χ0) is 19.6. The van der Waals surface area contributed by atoms with E-state index in [1.54, 1.807) is 13.0 Å². The van der Waals surface area contributed by atoms with Crippen LogP contribution in [0.3, 0.4) is 0 Å². The number of halogens is 3. The summed E-state index contributed by atoms with van der Waals surface area (Å²) in [6.45, 7) is 1.66. The highest BCUT2D eigenvalue weighted by molar-refractivity contribution is 6.13. The van der Waals surface area contributed by atoms with Crippen LogP contribution in [0, 0.1) is 6.92 Å². The highest BCUT2D eigenvalue weighted by Gasteiger charge is 2.46. The number of amides is 1. The standard InChI is InChI=1S/C18H16F3N5O2/c1-9-15-11(8-12(10-2-3-10)23-16(15)28-24-9)17(27)25-7-5-13(18(19,20)21)26-14(25)4-6-22-26/h4,6,8,10,13H,2-3,5,7H2,1H3/t13-/m1/s1. The van der Waals surface area contributed by atoms with Gasteiger partial charge in [0.1, 0.15) is 5.82 Å². The number of hydrogen-bond acceptors (Lipinski definition) is 5. The van der Waals surface area contributed by atoms with E-state index in [4.69, 9.17) is 4.52 Å². The molecule has 1 aliphatic heterocycles. The molecule has 1 saturated carbocycles. The number of alkyl halides is 3. The third kappa shape index (κ3) is 2.58. The Kier molecular flexibility index (Phi) is 3.56. The summed E-state index contributed by atoms with van der Waals surface area (Å²) in [5.74, 6) is 0.0106. The topological polar surface area (TPSA) is 77.0 Å². The molecule has 1 fully saturated rings. The Labute approximate surface area is 157 Å². The number of nitrogens with zero attached hydrogens (tertiary/aromatic N) is 5. The molecular weight excluding hydrogens is 375 g/mol. The van der Waals surface area contributed by atoms with Crippen LogP contribution in [0.5, 0.6) is 0 Å². The molecule has 2 aliphatic rings. The van der Waals surface area contributed by atoms with E-state index in [0.29, 0.717) is 16.6 Å². The van der Waals surface area contributed by atoms with Gasteiger partial charge in [0.05, 0.1) is 22.8 Å². The van der Waals surface area contributed by atoms with E-state index in [2.05, 4.69) is 15.2 Å². The average molecular weight is 391 g/mol. The summed E-state index contributed by atoms with van der Waals surface area (Å²) in [6.07, 6.45) is -1.42. The molecule has 0 spiro atoms. The molecule has 0 saturated heterocycles. The minimum atomic E-state index is -4.43. The van der Waals surface area contributed by atoms with Crippen molar-refractivity contribution in [3.05, 3.63) is 35.3 Å². The minimum absolute atomic E-state index is 0.0540. The number of anilines is 1. The van der Waals surface area contributed by atoms with E-state index in [-0.39, 0.29) is 30.4 Å². The molecule has 1 amide bonds. The molecular formula is C18H16F3N5O2. The number of rotatable bonds is 2. The van der Waals surface area contributed by atoms with Gasteiger partial charge in [0.15, 0.2) is 6.04 Å². The molecule has 1 atom stereocenters. The molecule has 0 N–H and O–H groups in total. The summed E-state index contributed by atoms with van der Waals surface area (Å²) in [6, 6.07) is 1.41. The molecule has 1 aliphatic carbocycles. The van der Waals surface area contributed by atoms with Gasteiger partial charge in [-0.1, -0.05) is 5.16 Å². The Morgan fingerprint density at radius 3 is 2.79 bits per heavy atom. The van der Waals surface area contributed by atoms with Crippen LogP contribution in [-0.2, 0) is 0 Å². The maximum absolute atomic E-state index is 13.4. The molecule has 3 aromatic heterocycles. The van der Waals surface area contributed by atoms with Crippen molar-refractivity contribution in [3.8, 4) is 0 Å². The van der Waals surface area contributed by atoms with Gasteiger partial charge in [-0.05, 0) is 32.3 Å². The fourth-order valence-corrected chi connectivity index (χ4v) is 3.77. The van der Waals surface area contributed by atoms with Crippen molar-refractivity contribution >= 4 is 22.8 Å². The van der Waals surface area contributed by atoms with E-state index in [0.717, 1.165) is 23.2 Å². The quantitative estimate of drug-likeness (QED) is 0.665. The number of aryl methyl sites for hydroxylation is 1. The highest BCUT2D eigenvalue weighted by Crippen LogP contribution is 2.42. The summed E-state index contributed by atoms with van der Waals surface area (Å²) in [5, 5.41) is 8.22. The number of hydrogen-bond donors (Lipinski definition) is 0. The number of pyridine rings is 1. The Morgan fingerprint density at radius 1 is 1.29 bits per heavy atom. The van der Waals surface area contributed by atoms with Gasteiger partial charge in [-0.2, -0.15) is 18.3 Å². The first-order valence-electron chi connectivity index (χ1n) is 9.03. The molecule has 0 aromatic carbocycles. The molecule has 7 nitrogen and oxygen atoms in total. The molecule has 5 rings (SSSR count). The van der Waals surface area contributed by atoms with Gasteiger partial charge in [0, 0.05) is 24.2 Å². The lowest BCUT2D eigenvalue weighted by molar-refractivity contribution is -0.172. The zero-order valence-electron chi connectivity index (χ0n) is 14.9. The first-order chi connectivity index (χ1) is 13.3. The maximum atomic E-state index is 13.4.